The lowest BCUT2D eigenvalue weighted by Gasteiger charge is -2.08. The van der Waals surface area contributed by atoms with E-state index in [1.807, 2.05) is 6.07 Å². The van der Waals surface area contributed by atoms with E-state index in [4.69, 9.17) is 10.00 Å². The molecule has 0 amide bonds. The molecule has 4 heteroatoms. The molecule has 0 aliphatic rings. The van der Waals surface area contributed by atoms with Gasteiger partial charge in [0, 0.05) is 0 Å². The Kier molecular flexibility index (Phi) is 3.29. The third kappa shape index (κ3) is 2.08. The summed E-state index contributed by atoms with van der Waals surface area (Å²) < 4.78 is 4.78. The van der Waals surface area contributed by atoms with Gasteiger partial charge >= 0.3 is 5.97 Å². The zero-order valence-corrected chi connectivity index (χ0v) is 8.57. The molecule has 0 radical (unpaired) electrons. The maximum atomic E-state index is 11.5. The van der Waals surface area contributed by atoms with Gasteiger partial charge in [0.2, 0.25) is 0 Å². The van der Waals surface area contributed by atoms with Gasteiger partial charge in [0.25, 0.3) is 0 Å². The Morgan fingerprint density at radius 2 is 2.27 bits per heavy atom. The highest BCUT2D eigenvalue weighted by Crippen LogP contribution is 2.24. The molecule has 0 spiro atoms. The van der Waals surface area contributed by atoms with Crippen LogP contribution in [0.1, 0.15) is 28.4 Å². The highest BCUT2D eigenvalue weighted by molar-refractivity contribution is 5.94. The van der Waals surface area contributed by atoms with E-state index in [-0.39, 0.29) is 17.9 Å². The van der Waals surface area contributed by atoms with Gasteiger partial charge in [-0.1, -0.05) is 0 Å². The molecule has 0 bridgehead atoms. The van der Waals surface area contributed by atoms with Crippen LogP contribution >= 0.6 is 0 Å². The molecule has 0 aliphatic heterocycles. The zero-order valence-electron chi connectivity index (χ0n) is 8.57. The van der Waals surface area contributed by atoms with Gasteiger partial charge in [-0.15, -0.1) is 0 Å². The van der Waals surface area contributed by atoms with Crippen molar-refractivity contribution in [2.75, 3.05) is 6.61 Å². The minimum atomic E-state index is -0.607. The van der Waals surface area contributed by atoms with E-state index in [0.717, 1.165) is 0 Å². The van der Waals surface area contributed by atoms with Crippen LogP contribution in [0.5, 0.6) is 5.75 Å². The Morgan fingerprint density at radius 1 is 1.60 bits per heavy atom. The quantitative estimate of drug-likeness (QED) is 0.746. The summed E-state index contributed by atoms with van der Waals surface area (Å²) >= 11 is 0. The summed E-state index contributed by atoms with van der Waals surface area (Å²) in [4.78, 5) is 11.5. The molecule has 0 saturated carbocycles. The number of nitrogens with zero attached hydrogens (tertiary/aromatic N) is 1. The zero-order chi connectivity index (χ0) is 11.4. The SMILES string of the molecule is CCOC(=O)c1c(O)ccc(C#N)c1C. The van der Waals surface area contributed by atoms with Crippen LogP contribution < -0.4 is 0 Å². The van der Waals surface area contributed by atoms with Crippen LogP contribution in [0, 0.1) is 18.3 Å². The maximum Gasteiger partial charge on any atom is 0.342 e. The van der Waals surface area contributed by atoms with Gasteiger partial charge in [0.05, 0.1) is 18.2 Å². The second kappa shape index (κ2) is 4.47. The van der Waals surface area contributed by atoms with Crippen molar-refractivity contribution >= 4 is 5.97 Å². The summed E-state index contributed by atoms with van der Waals surface area (Å²) in [6.45, 7) is 3.51. The number of phenolic OH excluding ortho intramolecular Hbond substituents is 1. The number of benzene rings is 1. The molecular weight excluding hydrogens is 194 g/mol. The number of esters is 1. The van der Waals surface area contributed by atoms with Gasteiger partial charge in [-0.2, -0.15) is 5.26 Å². The summed E-state index contributed by atoms with van der Waals surface area (Å²) in [5.41, 5.74) is 0.864. The number of carbonyl (C=O) groups is 1. The summed E-state index contributed by atoms with van der Waals surface area (Å²) in [6, 6.07) is 4.72. The largest absolute Gasteiger partial charge is 0.507 e. The second-order valence-corrected chi connectivity index (χ2v) is 2.96. The second-order valence-electron chi connectivity index (χ2n) is 2.96. The topological polar surface area (TPSA) is 70.3 Å². The molecule has 0 fully saturated rings. The molecule has 0 atom stereocenters. The van der Waals surface area contributed by atoms with Crippen molar-refractivity contribution in [3.05, 3.63) is 28.8 Å². The van der Waals surface area contributed by atoms with Crippen LogP contribution in [0.4, 0.5) is 0 Å². The molecule has 1 rings (SSSR count). The van der Waals surface area contributed by atoms with Crippen LogP contribution in [-0.2, 0) is 4.74 Å². The summed E-state index contributed by atoms with van der Waals surface area (Å²) in [7, 11) is 0. The standard InChI is InChI=1S/C11H11NO3/c1-3-15-11(14)10-7(2)8(6-12)4-5-9(10)13/h4-5,13H,3H2,1-2H3. The highest BCUT2D eigenvalue weighted by atomic mass is 16.5. The number of nitriles is 1. The molecule has 0 unspecified atom stereocenters. The summed E-state index contributed by atoms with van der Waals surface area (Å²) in [5, 5.41) is 18.3. The third-order valence-electron chi connectivity index (χ3n) is 2.04. The van der Waals surface area contributed by atoms with Gasteiger partial charge in [-0.3, -0.25) is 0 Å². The van der Waals surface area contributed by atoms with Crippen LogP contribution in [0.3, 0.4) is 0 Å². The van der Waals surface area contributed by atoms with Gasteiger partial charge in [-0.05, 0) is 31.5 Å². The van der Waals surface area contributed by atoms with Crippen LogP contribution in [0.15, 0.2) is 12.1 Å². The lowest BCUT2D eigenvalue weighted by molar-refractivity contribution is 0.0522. The van der Waals surface area contributed by atoms with Crippen LogP contribution in [0.25, 0.3) is 0 Å². The fourth-order valence-electron chi connectivity index (χ4n) is 1.28. The number of aromatic hydroxyl groups is 1. The van der Waals surface area contributed by atoms with E-state index in [1.54, 1.807) is 13.8 Å². The van der Waals surface area contributed by atoms with Crippen molar-refractivity contribution < 1.29 is 14.6 Å². The van der Waals surface area contributed by atoms with E-state index in [2.05, 4.69) is 0 Å². The van der Waals surface area contributed by atoms with Crippen molar-refractivity contribution in [1.82, 2.24) is 0 Å². The van der Waals surface area contributed by atoms with Gasteiger partial charge in [0.1, 0.15) is 11.3 Å². The Labute approximate surface area is 87.7 Å². The van der Waals surface area contributed by atoms with E-state index >= 15 is 0 Å². The molecular formula is C11H11NO3. The van der Waals surface area contributed by atoms with E-state index < -0.39 is 5.97 Å². The first kappa shape index (κ1) is 11.1. The smallest absolute Gasteiger partial charge is 0.342 e. The number of rotatable bonds is 2. The summed E-state index contributed by atoms with van der Waals surface area (Å²) in [6.07, 6.45) is 0. The molecule has 15 heavy (non-hydrogen) atoms. The van der Waals surface area contributed by atoms with Gasteiger partial charge in [-0.25, -0.2) is 4.79 Å². The van der Waals surface area contributed by atoms with Crippen molar-refractivity contribution in [2.45, 2.75) is 13.8 Å². The van der Waals surface area contributed by atoms with Crippen LogP contribution in [-0.4, -0.2) is 17.7 Å². The molecule has 0 aromatic heterocycles. The molecule has 0 saturated heterocycles. The van der Waals surface area contributed by atoms with Crippen molar-refractivity contribution in [3.63, 3.8) is 0 Å². The maximum absolute atomic E-state index is 11.5. The normalized spacial score (nSPS) is 9.40. The fourth-order valence-corrected chi connectivity index (χ4v) is 1.28. The fraction of sp³-hybridized carbons (Fsp3) is 0.273. The van der Waals surface area contributed by atoms with Gasteiger partial charge < -0.3 is 9.84 Å². The van der Waals surface area contributed by atoms with Crippen LogP contribution in [0.2, 0.25) is 0 Å². The average Bonchev–Trinajstić information content (AvgIpc) is 2.18. The van der Waals surface area contributed by atoms with Crippen molar-refractivity contribution in [1.29, 1.82) is 5.26 Å². The van der Waals surface area contributed by atoms with Gasteiger partial charge in [0.15, 0.2) is 0 Å². The molecule has 4 nitrogen and oxygen atoms in total. The molecule has 78 valence electrons. The Morgan fingerprint density at radius 3 is 2.80 bits per heavy atom. The Hall–Kier alpha value is -2.02. The molecule has 0 heterocycles. The predicted molar refractivity (Wildman–Crippen MR) is 53.5 cm³/mol. The minimum Gasteiger partial charge on any atom is -0.507 e. The lowest BCUT2D eigenvalue weighted by atomic mass is 10.0. The summed E-state index contributed by atoms with van der Waals surface area (Å²) in [5.74, 6) is -0.769. The third-order valence-corrected chi connectivity index (χ3v) is 2.04. The highest BCUT2D eigenvalue weighted by Gasteiger charge is 2.17. The number of phenols is 1. The molecule has 1 aromatic carbocycles. The Balaban J connectivity index is 3.28. The first-order valence-corrected chi connectivity index (χ1v) is 4.51. The first-order chi connectivity index (χ1) is 7.11. The monoisotopic (exact) mass is 205 g/mol. The van der Waals surface area contributed by atoms with E-state index in [0.29, 0.717) is 11.1 Å². The van der Waals surface area contributed by atoms with E-state index in [1.165, 1.54) is 12.1 Å². The Bertz CT molecular complexity index is 432. The molecule has 0 aliphatic carbocycles. The van der Waals surface area contributed by atoms with E-state index in [9.17, 15) is 9.90 Å². The number of carbonyl (C=O) groups excluding carboxylic acids is 1. The van der Waals surface area contributed by atoms with Crippen molar-refractivity contribution in [3.8, 4) is 11.8 Å². The number of ether oxygens (including phenoxy) is 1. The molecule has 1 N–H and O–H groups in total. The molecule has 1 aromatic rings. The number of hydrogen-bond donors (Lipinski definition) is 1. The van der Waals surface area contributed by atoms with Crippen molar-refractivity contribution in [2.24, 2.45) is 0 Å². The number of hydrogen-bond acceptors (Lipinski definition) is 4. The minimum absolute atomic E-state index is 0.0656. The first-order valence-electron chi connectivity index (χ1n) is 4.51. The average molecular weight is 205 g/mol. The lowest BCUT2D eigenvalue weighted by Crippen LogP contribution is -2.08. The predicted octanol–water partition coefficient (Wildman–Crippen LogP) is 1.75.